The maximum atomic E-state index is 3.11. The highest BCUT2D eigenvalue weighted by Gasteiger charge is 2.17. The highest BCUT2D eigenvalue weighted by atomic mass is 14.8. The standard InChI is InChI=1S/C23H24.C4H11N/c1-18-10-6-8-14-21(18)23(22-15-9-7-11-19(22)2)17-16-20-12-4-3-5-13-20;1-3-5-4-2/h3-15,23H,16-17H2,1-2H3;5H,3-4H2,1-2H3. The summed E-state index contributed by atoms with van der Waals surface area (Å²) in [6.07, 6.45) is 2.24. The first-order valence-corrected chi connectivity index (χ1v) is 10.5. The van der Waals surface area contributed by atoms with Gasteiger partial charge in [-0.3, -0.25) is 0 Å². The third kappa shape index (κ3) is 6.65. The third-order valence-corrected chi connectivity index (χ3v) is 5.19. The van der Waals surface area contributed by atoms with E-state index < -0.39 is 0 Å². The first kappa shape index (κ1) is 21.9. The van der Waals surface area contributed by atoms with Crippen molar-refractivity contribution in [3.05, 3.63) is 107 Å². The summed E-state index contributed by atoms with van der Waals surface area (Å²) >= 11 is 0. The van der Waals surface area contributed by atoms with Crippen molar-refractivity contribution in [1.82, 2.24) is 5.32 Å². The molecule has 0 aliphatic heterocycles. The van der Waals surface area contributed by atoms with Gasteiger partial charge in [0.05, 0.1) is 0 Å². The molecule has 1 nitrogen and oxygen atoms in total. The molecule has 0 aliphatic rings. The molecule has 1 N–H and O–H groups in total. The van der Waals surface area contributed by atoms with Gasteiger partial charge in [-0.1, -0.05) is 92.7 Å². The Balaban J connectivity index is 0.000000500. The van der Waals surface area contributed by atoms with E-state index >= 15 is 0 Å². The van der Waals surface area contributed by atoms with Crippen LogP contribution in [0.2, 0.25) is 0 Å². The summed E-state index contributed by atoms with van der Waals surface area (Å²) in [5.74, 6) is 0.456. The van der Waals surface area contributed by atoms with Crippen molar-refractivity contribution in [1.29, 1.82) is 0 Å². The van der Waals surface area contributed by atoms with E-state index in [2.05, 4.69) is 112 Å². The lowest BCUT2D eigenvalue weighted by atomic mass is 9.82. The van der Waals surface area contributed by atoms with E-state index in [9.17, 15) is 0 Å². The largest absolute Gasteiger partial charge is 0.317 e. The summed E-state index contributed by atoms with van der Waals surface area (Å²) in [4.78, 5) is 0. The molecule has 0 aliphatic carbocycles. The number of hydrogen-bond acceptors (Lipinski definition) is 1. The second-order valence-electron chi connectivity index (χ2n) is 7.25. The predicted octanol–water partition coefficient (Wildman–Crippen LogP) is 6.68. The molecule has 0 heterocycles. The van der Waals surface area contributed by atoms with E-state index in [0.29, 0.717) is 5.92 Å². The second-order valence-corrected chi connectivity index (χ2v) is 7.25. The molecule has 0 saturated heterocycles. The van der Waals surface area contributed by atoms with Gasteiger partial charge in [0.25, 0.3) is 0 Å². The minimum Gasteiger partial charge on any atom is -0.317 e. The number of hydrogen-bond donors (Lipinski definition) is 1. The van der Waals surface area contributed by atoms with Crippen LogP contribution in [0.15, 0.2) is 78.9 Å². The minimum atomic E-state index is 0.456. The van der Waals surface area contributed by atoms with E-state index in [0.717, 1.165) is 25.9 Å². The summed E-state index contributed by atoms with van der Waals surface area (Å²) < 4.78 is 0. The van der Waals surface area contributed by atoms with E-state index in [1.165, 1.54) is 27.8 Å². The number of aryl methyl sites for hydroxylation is 3. The molecular formula is C27H35N. The van der Waals surface area contributed by atoms with E-state index in [1.54, 1.807) is 0 Å². The maximum Gasteiger partial charge on any atom is 0.00977 e. The molecule has 0 atom stereocenters. The highest BCUT2D eigenvalue weighted by molar-refractivity contribution is 5.41. The van der Waals surface area contributed by atoms with Gasteiger partial charge in [-0.15, -0.1) is 0 Å². The fourth-order valence-corrected chi connectivity index (χ4v) is 3.64. The average Bonchev–Trinajstić information content (AvgIpc) is 2.72. The van der Waals surface area contributed by atoms with Crippen molar-refractivity contribution in [2.45, 2.75) is 46.5 Å². The van der Waals surface area contributed by atoms with Gasteiger partial charge in [0.2, 0.25) is 0 Å². The topological polar surface area (TPSA) is 12.0 Å². The monoisotopic (exact) mass is 373 g/mol. The maximum absolute atomic E-state index is 3.11. The smallest absolute Gasteiger partial charge is 0.00977 e. The summed E-state index contributed by atoms with van der Waals surface area (Å²) in [7, 11) is 0. The Morgan fingerprint density at radius 2 is 1.11 bits per heavy atom. The molecule has 1 heteroatoms. The van der Waals surface area contributed by atoms with Crippen LogP contribution in [0.5, 0.6) is 0 Å². The van der Waals surface area contributed by atoms with Gasteiger partial charge in [0.15, 0.2) is 0 Å². The van der Waals surface area contributed by atoms with Crippen LogP contribution in [-0.2, 0) is 6.42 Å². The van der Waals surface area contributed by atoms with Gasteiger partial charge in [-0.05, 0) is 67.6 Å². The van der Waals surface area contributed by atoms with Crippen LogP contribution in [0.1, 0.15) is 54.0 Å². The van der Waals surface area contributed by atoms with Crippen LogP contribution < -0.4 is 5.32 Å². The molecule has 0 bridgehead atoms. The molecule has 3 aromatic rings. The first-order chi connectivity index (χ1) is 13.7. The van der Waals surface area contributed by atoms with Crippen molar-refractivity contribution in [2.75, 3.05) is 13.1 Å². The SMILES string of the molecule is CCNCC.Cc1ccccc1C(CCc1ccccc1)c1ccccc1C. The Bertz CT molecular complexity index is 760. The molecule has 0 aromatic heterocycles. The summed E-state index contributed by atoms with van der Waals surface area (Å²) in [6.45, 7) is 10.8. The number of benzene rings is 3. The second kappa shape index (κ2) is 12.2. The quantitative estimate of drug-likeness (QED) is 0.487. The molecule has 0 unspecified atom stereocenters. The van der Waals surface area contributed by atoms with Crippen molar-refractivity contribution in [3.8, 4) is 0 Å². The Morgan fingerprint density at radius 1 is 0.643 bits per heavy atom. The van der Waals surface area contributed by atoms with Crippen LogP contribution in [0.4, 0.5) is 0 Å². The Kier molecular flexibility index (Phi) is 9.51. The van der Waals surface area contributed by atoms with E-state index in [1.807, 2.05) is 0 Å². The van der Waals surface area contributed by atoms with Crippen molar-refractivity contribution in [2.24, 2.45) is 0 Å². The average molecular weight is 374 g/mol. The predicted molar refractivity (Wildman–Crippen MR) is 123 cm³/mol. The molecule has 3 rings (SSSR count). The molecule has 0 radical (unpaired) electrons. The highest BCUT2D eigenvalue weighted by Crippen LogP contribution is 2.33. The van der Waals surface area contributed by atoms with Gasteiger partial charge < -0.3 is 5.32 Å². The van der Waals surface area contributed by atoms with Gasteiger partial charge in [-0.25, -0.2) is 0 Å². The Hall–Kier alpha value is -2.38. The lowest BCUT2D eigenvalue weighted by molar-refractivity contribution is 0.707. The van der Waals surface area contributed by atoms with E-state index in [-0.39, 0.29) is 0 Å². The van der Waals surface area contributed by atoms with Crippen LogP contribution in [0.25, 0.3) is 0 Å². The molecular weight excluding hydrogens is 338 g/mol. The number of nitrogens with one attached hydrogen (secondary N) is 1. The van der Waals surface area contributed by atoms with Crippen LogP contribution in [-0.4, -0.2) is 13.1 Å². The Morgan fingerprint density at radius 3 is 1.54 bits per heavy atom. The number of rotatable bonds is 7. The van der Waals surface area contributed by atoms with Crippen molar-refractivity contribution >= 4 is 0 Å². The molecule has 0 amide bonds. The lowest BCUT2D eigenvalue weighted by Crippen LogP contribution is -2.09. The third-order valence-electron chi connectivity index (χ3n) is 5.19. The zero-order chi connectivity index (χ0) is 20.2. The molecule has 3 aromatic carbocycles. The summed E-state index contributed by atoms with van der Waals surface area (Å²) in [6, 6.07) is 28.4. The van der Waals surface area contributed by atoms with Gasteiger partial charge in [0.1, 0.15) is 0 Å². The first-order valence-electron chi connectivity index (χ1n) is 10.5. The molecule has 0 fully saturated rings. The van der Waals surface area contributed by atoms with Crippen molar-refractivity contribution < 1.29 is 0 Å². The Labute approximate surface area is 171 Å². The molecule has 148 valence electrons. The molecule has 28 heavy (non-hydrogen) atoms. The normalized spacial score (nSPS) is 10.5. The van der Waals surface area contributed by atoms with Crippen LogP contribution in [0.3, 0.4) is 0 Å². The fraction of sp³-hybridized carbons (Fsp3) is 0.333. The van der Waals surface area contributed by atoms with Gasteiger partial charge >= 0.3 is 0 Å². The molecule has 0 saturated carbocycles. The van der Waals surface area contributed by atoms with Crippen LogP contribution >= 0.6 is 0 Å². The fourth-order valence-electron chi connectivity index (χ4n) is 3.64. The summed E-state index contributed by atoms with van der Waals surface area (Å²) in [5, 5.41) is 3.11. The van der Waals surface area contributed by atoms with Crippen molar-refractivity contribution in [3.63, 3.8) is 0 Å². The minimum absolute atomic E-state index is 0.456. The zero-order valence-electron chi connectivity index (χ0n) is 17.9. The summed E-state index contributed by atoms with van der Waals surface area (Å²) in [5.41, 5.74) is 7.10. The lowest BCUT2D eigenvalue weighted by Gasteiger charge is -2.22. The van der Waals surface area contributed by atoms with Gasteiger partial charge in [-0.2, -0.15) is 0 Å². The zero-order valence-corrected chi connectivity index (χ0v) is 17.9. The van der Waals surface area contributed by atoms with Crippen LogP contribution in [0, 0.1) is 13.8 Å². The van der Waals surface area contributed by atoms with Gasteiger partial charge in [0, 0.05) is 5.92 Å². The molecule has 0 spiro atoms. The van der Waals surface area contributed by atoms with E-state index in [4.69, 9.17) is 0 Å².